The monoisotopic (exact) mass is 298 g/mol. The van der Waals surface area contributed by atoms with Crippen LogP contribution in [-0.4, -0.2) is 33.7 Å². The van der Waals surface area contributed by atoms with Crippen molar-refractivity contribution in [2.75, 3.05) is 20.3 Å². The van der Waals surface area contributed by atoms with E-state index in [0.717, 1.165) is 11.3 Å². The van der Waals surface area contributed by atoms with Gasteiger partial charge in [-0.25, -0.2) is 18.1 Å². The molecule has 0 aliphatic rings. The molecule has 8 heteroatoms. The summed E-state index contributed by atoms with van der Waals surface area (Å²) in [7, 11) is -1.94. The summed E-state index contributed by atoms with van der Waals surface area (Å²) < 4.78 is 31.7. The highest BCUT2D eigenvalue weighted by molar-refractivity contribution is 7.91. The van der Waals surface area contributed by atoms with Crippen LogP contribution in [0.5, 0.6) is 0 Å². The quantitative estimate of drug-likeness (QED) is 0.867. The Labute approximate surface area is 110 Å². The molecular weight excluding hydrogens is 284 g/mol. The Morgan fingerprint density at radius 3 is 2.71 bits per heavy atom. The van der Waals surface area contributed by atoms with Crippen molar-refractivity contribution in [1.82, 2.24) is 9.71 Å². The van der Waals surface area contributed by atoms with E-state index in [4.69, 9.17) is 16.3 Å². The zero-order valence-electron chi connectivity index (χ0n) is 9.86. The maximum absolute atomic E-state index is 11.9. The summed E-state index contributed by atoms with van der Waals surface area (Å²) in [5, 5.41) is 0. The number of hydrogen-bond donors (Lipinski definition) is 1. The first-order valence-electron chi connectivity index (χ1n) is 4.98. The Balaban J connectivity index is 2.73. The van der Waals surface area contributed by atoms with Crippen molar-refractivity contribution < 1.29 is 13.2 Å². The van der Waals surface area contributed by atoms with E-state index in [-0.39, 0.29) is 14.6 Å². The molecule has 0 aliphatic heterocycles. The molecule has 0 fully saturated rings. The van der Waals surface area contributed by atoms with Crippen molar-refractivity contribution in [2.45, 2.75) is 18.1 Å². The maximum atomic E-state index is 11.9. The van der Waals surface area contributed by atoms with Gasteiger partial charge in [-0.3, -0.25) is 0 Å². The van der Waals surface area contributed by atoms with E-state index in [9.17, 15) is 8.42 Å². The van der Waals surface area contributed by atoms with Crippen LogP contribution in [-0.2, 0) is 14.8 Å². The predicted octanol–water partition coefficient (Wildman–Crippen LogP) is 1.67. The van der Waals surface area contributed by atoms with E-state index >= 15 is 0 Å². The largest absolute Gasteiger partial charge is 0.384 e. The SMILES string of the molecule is COCC(C)CNS(=O)(=O)c1sc(Cl)nc1C. The Morgan fingerprint density at radius 1 is 1.59 bits per heavy atom. The second-order valence-electron chi connectivity index (χ2n) is 3.75. The van der Waals surface area contributed by atoms with Crippen LogP contribution in [0, 0.1) is 12.8 Å². The second kappa shape index (κ2) is 6.10. The molecule has 1 aromatic heterocycles. The molecule has 0 bridgehead atoms. The van der Waals surface area contributed by atoms with E-state index in [0.29, 0.717) is 18.8 Å². The van der Waals surface area contributed by atoms with Crippen LogP contribution in [0.15, 0.2) is 4.21 Å². The molecule has 5 nitrogen and oxygen atoms in total. The number of nitrogens with one attached hydrogen (secondary N) is 1. The Kier molecular flexibility index (Phi) is 5.33. The number of hydrogen-bond acceptors (Lipinski definition) is 5. The van der Waals surface area contributed by atoms with Crippen LogP contribution in [0.1, 0.15) is 12.6 Å². The van der Waals surface area contributed by atoms with Gasteiger partial charge in [0.1, 0.15) is 0 Å². The van der Waals surface area contributed by atoms with Gasteiger partial charge in [0, 0.05) is 20.3 Å². The first-order valence-corrected chi connectivity index (χ1v) is 7.66. The van der Waals surface area contributed by atoms with E-state index in [1.165, 1.54) is 0 Å². The molecule has 1 atom stereocenters. The fourth-order valence-electron chi connectivity index (χ4n) is 1.26. The summed E-state index contributed by atoms with van der Waals surface area (Å²) in [6.07, 6.45) is 0. The highest BCUT2D eigenvalue weighted by Crippen LogP contribution is 2.26. The van der Waals surface area contributed by atoms with Gasteiger partial charge in [-0.1, -0.05) is 29.9 Å². The average molecular weight is 299 g/mol. The van der Waals surface area contributed by atoms with E-state index < -0.39 is 10.0 Å². The lowest BCUT2D eigenvalue weighted by atomic mass is 10.2. The van der Waals surface area contributed by atoms with Gasteiger partial charge in [0.2, 0.25) is 0 Å². The lowest BCUT2D eigenvalue weighted by Gasteiger charge is -2.11. The highest BCUT2D eigenvalue weighted by atomic mass is 35.5. The molecule has 0 spiro atoms. The number of aromatic nitrogens is 1. The summed E-state index contributed by atoms with van der Waals surface area (Å²) in [6, 6.07) is 0. The summed E-state index contributed by atoms with van der Waals surface area (Å²) in [4.78, 5) is 3.88. The lowest BCUT2D eigenvalue weighted by Crippen LogP contribution is -2.29. The zero-order valence-corrected chi connectivity index (χ0v) is 12.2. The number of aryl methyl sites for hydroxylation is 1. The Morgan fingerprint density at radius 2 is 2.24 bits per heavy atom. The third-order valence-corrected chi connectivity index (χ3v) is 5.34. The van der Waals surface area contributed by atoms with Gasteiger partial charge in [0.15, 0.2) is 8.68 Å². The molecule has 0 aliphatic carbocycles. The maximum Gasteiger partial charge on any atom is 0.251 e. The molecule has 0 saturated heterocycles. The van der Waals surface area contributed by atoms with Crippen molar-refractivity contribution in [1.29, 1.82) is 0 Å². The minimum atomic E-state index is -3.52. The molecule has 17 heavy (non-hydrogen) atoms. The number of sulfonamides is 1. The topological polar surface area (TPSA) is 68.3 Å². The lowest BCUT2D eigenvalue weighted by molar-refractivity contribution is 0.161. The van der Waals surface area contributed by atoms with Crippen molar-refractivity contribution in [3.8, 4) is 0 Å². The molecule has 0 saturated carbocycles. The first-order chi connectivity index (χ1) is 7.86. The molecule has 1 unspecified atom stereocenters. The number of thiazole rings is 1. The standard InChI is InChI=1S/C9H15ClN2O3S2/c1-6(5-15-3)4-11-17(13,14)8-7(2)12-9(10)16-8/h6,11H,4-5H2,1-3H3. The second-order valence-corrected chi connectivity index (χ2v) is 7.30. The van der Waals surface area contributed by atoms with E-state index in [2.05, 4.69) is 9.71 Å². The average Bonchev–Trinajstić information content (AvgIpc) is 2.56. The van der Waals surface area contributed by atoms with E-state index in [1.807, 2.05) is 6.92 Å². The molecule has 1 aromatic rings. The van der Waals surface area contributed by atoms with E-state index in [1.54, 1.807) is 14.0 Å². The van der Waals surface area contributed by atoms with Gasteiger partial charge < -0.3 is 4.74 Å². The minimum absolute atomic E-state index is 0.110. The fraction of sp³-hybridized carbons (Fsp3) is 0.667. The highest BCUT2D eigenvalue weighted by Gasteiger charge is 2.21. The van der Waals surface area contributed by atoms with Crippen molar-refractivity contribution >= 4 is 33.0 Å². The smallest absolute Gasteiger partial charge is 0.251 e. The molecular formula is C9H15ClN2O3S2. The number of methoxy groups -OCH3 is 1. The van der Waals surface area contributed by atoms with Crippen LogP contribution in [0.4, 0.5) is 0 Å². The van der Waals surface area contributed by atoms with Crippen molar-refractivity contribution in [2.24, 2.45) is 5.92 Å². The normalized spacial score (nSPS) is 13.9. The predicted molar refractivity (Wildman–Crippen MR) is 68.1 cm³/mol. The van der Waals surface area contributed by atoms with Crippen LogP contribution >= 0.6 is 22.9 Å². The number of halogens is 1. The fourth-order valence-corrected chi connectivity index (χ4v) is 4.21. The summed E-state index contributed by atoms with van der Waals surface area (Å²) in [5.41, 5.74) is 0.423. The van der Waals surface area contributed by atoms with Crippen LogP contribution in [0.2, 0.25) is 4.47 Å². The molecule has 0 radical (unpaired) electrons. The van der Waals surface area contributed by atoms with Gasteiger partial charge in [-0.2, -0.15) is 0 Å². The Hall–Kier alpha value is -0.210. The van der Waals surface area contributed by atoms with Gasteiger partial charge in [-0.15, -0.1) is 0 Å². The van der Waals surface area contributed by atoms with Crippen molar-refractivity contribution in [3.63, 3.8) is 0 Å². The zero-order chi connectivity index (χ0) is 13.1. The third-order valence-electron chi connectivity index (χ3n) is 2.05. The number of rotatable bonds is 6. The molecule has 1 N–H and O–H groups in total. The Bertz CT molecular complexity index is 473. The minimum Gasteiger partial charge on any atom is -0.384 e. The molecule has 0 aromatic carbocycles. The van der Waals surface area contributed by atoms with Crippen LogP contribution in [0.25, 0.3) is 0 Å². The third kappa shape index (κ3) is 4.18. The molecule has 1 rings (SSSR count). The van der Waals surface area contributed by atoms with Gasteiger partial charge >= 0.3 is 0 Å². The van der Waals surface area contributed by atoms with Crippen LogP contribution in [0.3, 0.4) is 0 Å². The van der Waals surface area contributed by atoms with Gasteiger partial charge in [-0.05, 0) is 12.8 Å². The first kappa shape index (κ1) is 14.8. The number of ether oxygens (including phenoxy) is 1. The number of nitrogens with zero attached hydrogens (tertiary/aromatic N) is 1. The molecule has 98 valence electrons. The molecule has 1 heterocycles. The summed E-state index contributed by atoms with van der Waals surface area (Å²) in [6.45, 7) is 4.35. The summed E-state index contributed by atoms with van der Waals surface area (Å²) in [5.74, 6) is 0.110. The summed E-state index contributed by atoms with van der Waals surface area (Å²) >= 11 is 6.64. The van der Waals surface area contributed by atoms with Gasteiger partial charge in [0.25, 0.3) is 10.0 Å². The van der Waals surface area contributed by atoms with Crippen molar-refractivity contribution in [3.05, 3.63) is 10.2 Å². The van der Waals surface area contributed by atoms with Crippen LogP contribution < -0.4 is 4.72 Å². The van der Waals surface area contributed by atoms with Gasteiger partial charge in [0.05, 0.1) is 5.69 Å². The molecule has 0 amide bonds.